The van der Waals surface area contributed by atoms with E-state index in [1.165, 1.54) is 16.0 Å². The lowest BCUT2D eigenvalue weighted by Gasteiger charge is -2.17. The SMILES string of the molecule is CC(C)C(Sc1nnc(-c2cccs2)n1N)C(=O)NC(N)=O. The minimum absolute atomic E-state index is 0.0498. The van der Waals surface area contributed by atoms with Gasteiger partial charge in [0.1, 0.15) is 0 Å². The molecule has 0 saturated heterocycles. The van der Waals surface area contributed by atoms with Crippen LogP contribution in [0.15, 0.2) is 22.7 Å². The van der Waals surface area contributed by atoms with Crippen LogP contribution in [0.3, 0.4) is 0 Å². The first kappa shape index (κ1) is 16.3. The summed E-state index contributed by atoms with van der Waals surface area (Å²) in [5.74, 6) is 5.99. The number of amides is 3. The Morgan fingerprint density at radius 3 is 2.68 bits per heavy atom. The van der Waals surface area contributed by atoms with Crippen molar-refractivity contribution in [3.05, 3.63) is 17.5 Å². The molecule has 2 rings (SSSR count). The number of urea groups is 1. The van der Waals surface area contributed by atoms with E-state index in [1.54, 1.807) is 0 Å². The molecule has 1 atom stereocenters. The summed E-state index contributed by atoms with van der Waals surface area (Å²) in [5, 5.41) is 11.9. The number of rotatable bonds is 5. The normalized spacial score (nSPS) is 12.3. The number of primary amides is 1. The van der Waals surface area contributed by atoms with Gasteiger partial charge in [0.05, 0.1) is 10.1 Å². The first-order chi connectivity index (χ1) is 10.4. The van der Waals surface area contributed by atoms with Crippen molar-refractivity contribution in [3.8, 4) is 10.7 Å². The van der Waals surface area contributed by atoms with Crippen LogP contribution in [0.25, 0.3) is 10.7 Å². The lowest BCUT2D eigenvalue weighted by Crippen LogP contribution is -2.42. The van der Waals surface area contributed by atoms with Crippen LogP contribution in [-0.2, 0) is 4.79 Å². The third-order valence-corrected chi connectivity index (χ3v) is 5.12. The summed E-state index contributed by atoms with van der Waals surface area (Å²) in [6.45, 7) is 3.71. The largest absolute Gasteiger partial charge is 0.351 e. The second-order valence-corrected chi connectivity index (χ2v) is 6.85. The van der Waals surface area contributed by atoms with Crippen LogP contribution in [0.1, 0.15) is 13.8 Å². The maximum Gasteiger partial charge on any atom is 0.318 e. The van der Waals surface area contributed by atoms with E-state index in [4.69, 9.17) is 11.6 Å². The van der Waals surface area contributed by atoms with Crippen LogP contribution < -0.4 is 16.9 Å². The Balaban J connectivity index is 2.21. The van der Waals surface area contributed by atoms with Crippen molar-refractivity contribution >= 4 is 35.0 Å². The van der Waals surface area contributed by atoms with E-state index in [0.29, 0.717) is 11.0 Å². The lowest BCUT2D eigenvalue weighted by molar-refractivity contribution is -0.120. The fourth-order valence-electron chi connectivity index (χ4n) is 1.73. The molecule has 0 saturated carbocycles. The molecule has 5 N–H and O–H groups in total. The Bertz CT molecular complexity index is 667. The lowest BCUT2D eigenvalue weighted by atomic mass is 10.1. The van der Waals surface area contributed by atoms with Crippen LogP contribution in [0.4, 0.5) is 4.79 Å². The second kappa shape index (κ2) is 6.79. The minimum atomic E-state index is -0.885. The Hall–Kier alpha value is -2.07. The summed E-state index contributed by atoms with van der Waals surface area (Å²) in [7, 11) is 0. The molecule has 2 heterocycles. The van der Waals surface area contributed by atoms with Gasteiger partial charge in [-0.2, -0.15) is 0 Å². The standard InChI is InChI=1S/C12H16N6O2S2/c1-6(2)8(10(19)15-11(13)20)22-12-17-16-9(18(12)14)7-4-3-5-21-7/h3-6,8H,14H2,1-2H3,(H3,13,15,19,20). The first-order valence-corrected chi connectivity index (χ1v) is 8.17. The van der Waals surface area contributed by atoms with Crippen LogP contribution in [0.5, 0.6) is 0 Å². The number of nitrogens with zero attached hydrogens (tertiary/aromatic N) is 3. The maximum absolute atomic E-state index is 12.0. The van der Waals surface area contributed by atoms with Crippen molar-refractivity contribution in [2.45, 2.75) is 24.3 Å². The summed E-state index contributed by atoms with van der Waals surface area (Å²) in [6.07, 6.45) is 0. The van der Waals surface area contributed by atoms with Gasteiger partial charge in [-0.1, -0.05) is 31.7 Å². The van der Waals surface area contributed by atoms with Gasteiger partial charge < -0.3 is 11.6 Å². The number of aromatic nitrogens is 3. The number of nitrogens with one attached hydrogen (secondary N) is 1. The number of thiophene rings is 1. The fourth-order valence-corrected chi connectivity index (χ4v) is 3.39. The summed E-state index contributed by atoms with van der Waals surface area (Å²) >= 11 is 2.63. The van der Waals surface area contributed by atoms with E-state index in [-0.39, 0.29) is 5.92 Å². The molecule has 10 heteroatoms. The van der Waals surface area contributed by atoms with Crippen LogP contribution >= 0.6 is 23.1 Å². The van der Waals surface area contributed by atoms with Crippen LogP contribution in [0, 0.1) is 5.92 Å². The zero-order valence-corrected chi connectivity index (χ0v) is 13.6. The molecule has 0 bridgehead atoms. The van der Waals surface area contributed by atoms with Gasteiger partial charge >= 0.3 is 6.03 Å². The van der Waals surface area contributed by atoms with Gasteiger partial charge in [0, 0.05) is 0 Å². The highest BCUT2D eigenvalue weighted by atomic mass is 32.2. The monoisotopic (exact) mass is 340 g/mol. The third-order valence-electron chi connectivity index (χ3n) is 2.75. The summed E-state index contributed by atoms with van der Waals surface area (Å²) in [5.41, 5.74) is 4.99. The molecule has 0 spiro atoms. The molecule has 0 fully saturated rings. The number of imide groups is 1. The molecule has 8 nitrogen and oxygen atoms in total. The van der Waals surface area contributed by atoms with Gasteiger partial charge in [-0.25, -0.2) is 9.47 Å². The fraction of sp³-hybridized carbons (Fsp3) is 0.333. The molecule has 118 valence electrons. The number of hydrogen-bond acceptors (Lipinski definition) is 7. The van der Waals surface area contributed by atoms with Crippen molar-refractivity contribution in [2.24, 2.45) is 11.7 Å². The molecule has 0 radical (unpaired) electrons. The van der Waals surface area contributed by atoms with E-state index in [2.05, 4.69) is 15.5 Å². The molecule has 1 unspecified atom stereocenters. The first-order valence-electron chi connectivity index (χ1n) is 6.41. The minimum Gasteiger partial charge on any atom is -0.351 e. The predicted molar refractivity (Wildman–Crippen MR) is 85.7 cm³/mol. The molecule has 22 heavy (non-hydrogen) atoms. The molecular formula is C12H16N6O2S2. The summed E-state index contributed by atoms with van der Waals surface area (Å²) < 4.78 is 1.34. The Kier molecular flexibility index (Phi) is 5.03. The number of carbonyl (C=O) groups excluding carboxylic acids is 2. The predicted octanol–water partition coefficient (Wildman–Crippen LogP) is 1.03. The van der Waals surface area contributed by atoms with Crippen molar-refractivity contribution in [3.63, 3.8) is 0 Å². The number of hydrogen-bond donors (Lipinski definition) is 3. The smallest absolute Gasteiger partial charge is 0.318 e. The second-order valence-electron chi connectivity index (χ2n) is 4.79. The molecule has 2 aromatic heterocycles. The van der Waals surface area contributed by atoms with Crippen molar-refractivity contribution in [1.29, 1.82) is 0 Å². The van der Waals surface area contributed by atoms with Gasteiger partial charge in [0.15, 0.2) is 5.82 Å². The van der Waals surface area contributed by atoms with Crippen molar-refractivity contribution in [2.75, 3.05) is 5.84 Å². The molecule has 3 amide bonds. The zero-order valence-electron chi connectivity index (χ0n) is 12.0. The van der Waals surface area contributed by atoms with Gasteiger partial charge in [-0.15, -0.1) is 21.5 Å². The number of carbonyl (C=O) groups is 2. The van der Waals surface area contributed by atoms with Gasteiger partial charge in [-0.3, -0.25) is 10.1 Å². The molecule has 0 aromatic carbocycles. The Morgan fingerprint density at radius 2 is 2.14 bits per heavy atom. The molecular weight excluding hydrogens is 324 g/mol. The number of nitrogen functional groups attached to an aromatic ring is 1. The third kappa shape index (κ3) is 3.57. The number of thioether (sulfide) groups is 1. The average Bonchev–Trinajstić information content (AvgIpc) is 3.04. The topological polar surface area (TPSA) is 129 Å². The van der Waals surface area contributed by atoms with Crippen molar-refractivity contribution < 1.29 is 9.59 Å². The Labute approximate surface area is 135 Å². The van der Waals surface area contributed by atoms with Gasteiger partial charge in [0.25, 0.3) is 0 Å². The van der Waals surface area contributed by atoms with E-state index in [0.717, 1.165) is 16.6 Å². The Morgan fingerprint density at radius 1 is 1.41 bits per heavy atom. The average molecular weight is 340 g/mol. The summed E-state index contributed by atoms with van der Waals surface area (Å²) in [4.78, 5) is 23.7. The highest BCUT2D eigenvalue weighted by Crippen LogP contribution is 2.29. The van der Waals surface area contributed by atoms with E-state index < -0.39 is 17.2 Å². The molecule has 0 aliphatic rings. The highest BCUT2D eigenvalue weighted by molar-refractivity contribution is 8.00. The van der Waals surface area contributed by atoms with E-state index in [1.807, 2.05) is 31.4 Å². The van der Waals surface area contributed by atoms with Gasteiger partial charge in [-0.05, 0) is 17.4 Å². The van der Waals surface area contributed by atoms with Gasteiger partial charge in [0.2, 0.25) is 11.1 Å². The highest BCUT2D eigenvalue weighted by Gasteiger charge is 2.27. The number of nitrogens with two attached hydrogens (primary N) is 2. The van der Waals surface area contributed by atoms with E-state index in [9.17, 15) is 9.59 Å². The van der Waals surface area contributed by atoms with Crippen LogP contribution in [-0.4, -0.2) is 32.1 Å². The molecule has 2 aromatic rings. The van der Waals surface area contributed by atoms with Crippen molar-refractivity contribution in [1.82, 2.24) is 20.2 Å². The van der Waals surface area contributed by atoms with E-state index >= 15 is 0 Å². The maximum atomic E-state index is 12.0. The molecule has 0 aliphatic heterocycles. The zero-order chi connectivity index (χ0) is 16.3. The van der Waals surface area contributed by atoms with Crippen LogP contribution in [0.2, 0.25) is 0 Å². The summed E-state index contributed by atoms with van der Waals surface area (Å²) in [6, 6.07) is 2.88. The quantitative estimate of drug-likeness (QED) is 0.551. The molecule has 0 aliphatic carbocycles.